The Hall–Kier alpha value is -1.47. The fourth-order valence-corrected chi connectivity index (χ4v) is 4.52. The number of piperidine rings is 1. The Labute approximate surface area is 159 Å². The Morgan fingerprint density at radius 3 is 2.62 bits per heavy atom. The van der Waals surface area contributed by atoms with Crippen molar-refractivity contribution in [1.82, 2.24) is 10.7 Å². The minimum absolute atomic E-state index is 0.139. The fraction of sp³-hybridized carbons (Fsp3) is 0.500. The summed E-state index contributed by atoms with van der Waals surface area (Å²) in [7, 11) is 1.97. The van der Waals surface area contributed by atoms with Crippen LogP contribution in [0.25, 0.3) is 11.1 Å². The number of benzene rings is 1. The van der Waals surface area contributed by atoms with E-state index in [2.05, 4.69) is 10.7 Å². The van der Waals surface area contributed by atoms with Gasteiger partial charge in [0.2, 0.25) is 0 Å². The highest BCUT2D eigenvalue weighted by atomic mass is 32.1. The van der Waals surface area contributed by atoms with Crippen molar-refractivity contribution in [2.45, 2.75) is 45.9 Å². The highest BCUT2D eigenvalue weighted by molar-refractivity contribution is 7.11. The van der Waals surface area contributed by atoms with Gasteiger partial charge in [-0.05, 0) is 44.5 Å². The van der Waals surface area contributed by atoms with Gasteiger partial charge in [-0.2, -0.15) is 0 Å². The second kappa shape index (κ2) is 8.48. The van der Waals surface area contributed by atoms with Gasteiger partial charge in [-0.3, -0.25) is 0 Å². The summed E-state index contributed by atoms with van der Waals surface area (Å²) < 4.78 is 20.7. The SMILES string of the molecule is CC.Cc1ccc(-c2csc3c2N(C)NC3OC2CCNCC2)c(F)c1. The van der Waals surface area contributed by atoms with Crippen LogP contribution in [0.1, 0.15) is 43.4 Å². The number of nitrogens with one attached hydrogen (secondary N) is 2. The van der Waals surface area contributed by atoms with E-state index < -0.39 is 0 Å². The Kier molecular flexibility index (Phi) is 6.29. The van der Waals surface area contributed by atoms with Gasteiger partial charge >= 0.3 is 0 Å². The van der Waals surface area contributed by atoms with Gasteiger partial charge in [0.1, 0.15) is 5.82 Å². The number of aryl methyl sites for hydroxylation is 1. The molecular weight excluding hydrogens is 349 g/mol. The molecule has 26 heavy (non-hydrogen) atoms. The maximum absolute atomic E-state index is 14.4. The Balaban J connectivity index is 0.000000948. The standard InChI is InChI=1S/C18H22FN3OS.C2H6/c1-11-3-4-13(15(19)9-11)14-10-24-17-16(14)22(2)21-18(17)23-12-5-7-20-8-6-12;1-2/h3-4,9-10,12,18,20-21H,5-8H2,1-2H3;1-2H3. The third kappa shape index (κ3) is 3.78. The molecule has 4 nitrogen and oxygen atoms in total. The molecule has 6 heteroatoms. The maximum Gasteiger partial charge on any atom is 0.162 e. The average molecular weight is 378 g/mol. The lowest BCUT2D eigenvalue weighted by Crippen LogP contribution is -2.37. The van der Waals surface area contributed by atoms with Crippen molar-refractivity contribution >= 4 is 17.0 Å². The molecule has 1 saturated heterocycles. The second-order valence-electron chi connectivity index (χ2n) is 6.50. The van der Waals surface area contributed by atoms with E-state index in [-0.39, 0.29) is 18.1 Å². The second-order valence-corrected chi connectivity index (χ2v) is 7.41. The van der Waals surface area contributed by atoms with Crippen LogP contribution in [-0.2, 0) is 4.74 Å². The third-order valence-electron chi connectivity index (χ3n) is 4.71. The normalized spacial score (nSPS) is 19.9. The minimum atomic E-state index is -0.174. The van der Waals surface area contributed by atoms with Gasteiger partial charge < -0.3 is 15.1 Å². The Bertz CT molecular complexity index is 743. The first kappa shape index (κ1) is 19.3. The maximum atomic E-state index is 14.4. The van der Waals surface area contributed by atoms with Crippen LogP contribution in [0.2, 0.25) is 0 Å². The molecule has 0 amide bonds. The Morgan fingerprint density at radius 2 is 1.92 bits per heavy atom. The molecular formula is C20H28FN3OS. The van der Waals surface area contributed by atoms with Gasteiger partial charge in [-0.25, -0.2) is 9.82 Å². The molecule has 1 atom stereocenters. The van der Waals surface area contributed by atoms with Crippen LogP contribution in [0.4, 0.5) is 10.1 Å². The average Bonchev–Trinajstić information content (AvgIpc) is 3.20. The number of halogens is 1. The summed E-state index contributed by atoms with van der Waals surface area (Å²) in [5, 5.41) is 7.35. The van der Waals surface area contributed by atoms with E-state index in [0.717, 1.165) is 47.6 Å². The highest BCUT2D eigenvalue weighted by Crippen LogP contribution is 2.46. The number of fused-ring (bicyclic) bond motifs is 1. The molecule has 1 aromatic heterocycles. The molecule has 1 fully saturated rings. The lowest BCUT2D eigenvalue weighted by atomic mass is 10.0. The quantitative estimate of drug-likeness (QED) is 0.819. The smallest absolute Gasteiger partial charge is 0.162 e. The summed E-state index contributed by atoms with van der Waals surface area (Å²) in [4.78, 5) is 1.13. The monoisotopic (exact) mass is 377 g/mol. The molecule has 142 valence electrons. The lowest BCUT2D eigenvalue weighted by molar-refractivity contribution is -0.0385. The van der Waals surface area contributed by atoms with E-state index >= 15 is 0 Å². The number of rotatable bonds is 3. The predicted molar refractivity (Wildman–Crippen MR) is 107 cm³/mol. The number of thiophene rings is 1. The van der Waals surface area contributed by atoms with E-state index in [1.165, 1.54) is 0 Å². The molecule has 3 heterocycles. The molecule has 2 aliphatic heterocycles. The summed E-state index contributed by atoms with van der Waals surface area (Å²) in [6.07, 6.45) is 2.19. The predicted octanol–water partition coefficient (Wildman–Crippen LogP) is 4.61. The summed E-state index contributed by atoms with van der Waals surface area (Å²) >= 11 is 1.64. The molecule has 2 aliphatic rings. The molecule has 1 unspecified atom stereocenters. The molecule has 2 N–H and O–H groups in total. The summed E-state index contributed by atoms with van der Waals surface area (Å²) in [5.74, 6) is -0.174. The van der Waals surface area contributed by atoms with E-state index in [4.69, 9.17) is 4.74 Å². The van der Waals surface area contributed by atoms with E-state index in [1.54, 1.807) is 17.4 Å². The largest absolute Gasteiger partial charge is 0.353 e. The van der Waals surface area contributed by atoms with Crippen molar-refractivity contribution in [1.29, 1.82) is 0 Å². The van der Waals surface area contributed by atoms with E-state index in [1.807, 2.05) is 50.3 Å². The fourth-order valence-electron chi connectivity index (χ4n) is 3.44. The topological polar surface area (TPSA) is 36.5 Å². The van der Waals surface area contributed by atoms with Gasteiger partial charge in [0.25, 0.3) is 0 Å². The van der Waals surface area contributed by atoms with Gasteiger partial charge in [0, 0.05) is 23.6 Å². The molecule has 0 aliphatic carbocycles. The highest BCUT2D eigenvalue weighted by Gasteiger charge is 2.34. The number of hydrogen-bond donors (Lipinski definition) is 2. The van der Waals surface area contributed by atoms with Gasteiger partial charge in [0.05, 0.1) is 16.7 Å². The van der Waals surface area contributed by atoms with Gasteiger partial charge in [-0.15, -0.1) is 11.3 Å². The zero-order valence-electron chi connectivity index (χ0n) is 15.9. The summed E-state index contributed by atoms with van der Waals surface area (Å²) in [6.45, 7) is 7.91. The zero-order chi connectivity index (χ0) is 18.7. The first-order chi connectivity index (χ1) is 12.6. The molecule has 4 rings (SSSR count). The lowest BCUT2D eigenvalue weighted by Gasteiger charge is -2.26. The van der Waals surface area contributed by atoms with Crippen LogP contribution >= 0.6 is 11.3 Å². The van der Waals surface area contributed by atoms with Crippen LogP contribution in [0.15, 0.2) is 23.6 Å². The van der Waals surface area contributed by atoms with Crippen LogP contribution in [0, 0.1) is 12.7 Å². The molecule has 0 saturated carbocycles. The van der Waals surface area contributed by atoms with Crippen molar-refractivity contribution < 1.29 is 9.13 Å². The molecule has 1 aromatic carbocycles. The summed E-state index contributed by atoms with van der Waals surface area (Å²) in [6, 6.07) is 5.40. The number of anilines is 1. The van der Waals surface area contributed by atoms with Crippen LogP contribution in [-0.4, -0.2) is 26.2 Å². The van der Waals surface area contributed by atoms with Crippen molar-refractivity contribution in [2.75, 3.05) is 25.1 Å². The first-order valence-electron chi connectivity index (χ1n) is 9.37. The van der Waals surface area contributed by atoms with E-state index in [0.29, 0.717) is 5.56 Å². The number of ether oxygens (including phenoxy) is 1. The van der Waals surface area contributed by atoms with Crippen LogP contribution in [0.5, 0.6) is 0 Å². The molecule has 2 aromatic rings. The molecule has 0 bridgehead atoms. The third-order valence-corrected chi connectivity index (χ3v) is 5.72. The Morgan fingerprint density at radius 1 is 1.19 bits per heavy atom. The first-order valence-corrected chi connectivity index (χ1v) is 10.3. The number of hydrazine groups is 1. The number of nitrogens with zero attached hydrogens (tertiary/aromatic N) is 1. The van der Waals surface area contributed by atoms with Gasteiger partial charge in [-0.1, -0.05) is 26.0 Å². The van der Waals surface area contributed by atoms with Crippen LogP contribution < -0.4 is 15.8 Å². The van der Waals surface area contributed by atoms with Crippen molar-refractivity contribution in [2.24, 2.45) is 0 Å². The van der Waals surface area contributed by atoms with Crippen LogP contribution in [0.3, 0.4) is 0 Å². The summed E-state index contributed by atoms with van der Waals surface area (Å²) in [5.41, 5.74) is 6.90. The van der Waals surface area contributed by atoms with Gasteiger partial charge in [0.15, 0.2) is 6.23 Å². The number of hydrogen-bond acceptors (Lipinski definition) is 5. The zero-order valence-corrected chi connectivity index (χ0v) is 16.8. The minimum Gasteiger partial charge on any atom is -0.353 e. The van der Waals surface area contributed by atoms with E-state index in [9.17, 15) is 4.39 Å². The molecule has 0 radical (unpaired) electrons. The van der Waals surface area contributed by atoms with Crippen molar-refractivity contribution in [3.63, 3.8) is 0 Å². The molecule has 0 spiro atoms. The van der Waals surface area contributed by atoms with Crippen molar-refractivity contribution in [3.05, 3.63) is 39.8 Å². The van der Waals surface area contributed by atoms with Crippen molar-refractivity contribution in [3.8, 4) is 11.1 Å².